The van der Waals surface area contributed by atoms with Crippen LogP contribution in [0.25, 0.3) is 0 Å². The quantitative estimate of drug-likeness (QED) is 0.727. The van der Waals surface area contributed by atoms with Crippen LogP contribution in [0.1, 0.15) is 32.1 Å². The maximum atomic E-state index is 12.0. The van der Waals surface area contributed by atoms with Crippen molar-refractivity contribution in [2.24, 2.45) is 11.1 Å². The molecule has 3 N–H and O–H groups in total. The molecular formula is C12H21F3N2O2. The van der Waals surface area contributed by atoms with E-state index in [1.807, 2.05) is 0 Å². The van der Waals surface area contributed by atoms with Gasteiger partial charge in [0.25, 0.3) is 0 Å². The molecule has 1 saturated carbocycles. The minimum Gasteiger partial charge on any atom is -0.370 e. The van der Waals surface area contributed by atoms with Gasteiger partial charge >= 0.3 is 6.18 Å². The van der Waals surface area contributed by atoms with E-state index < -0.39 is 18.2 Å². The van der Waals surface area contributed by atoms with E-state index in [2.05, 4.69) is 10.1 Å². The third kappa shape index (κ3) is 5.36. The number of alkyl halides is 3. The highest BCUT2D eigenvalue weighted by Crippen LogP contribution is 2.35. The first kappa shape index (κ1) is 16.2. The molecule has 19 heavy (non-hydrogen) atoms. The lowest BCUT2D eigenvalue weighted by atomic mass is 9.73. The fraction of sp³-hybridized carbons (Fsp3) is 0.917. The van der Waals surface area contributed by atoms with Gasteiger partial charge in [-0.1, -0.05) is 19.3 Å². The Kier molecular flexibility index (Phi) is 6.06. The van der Waals surface area contributed by atoms with Gasteiger partial charge in [0, 0.05) is 13.1 Å². The zero-order valence-corrected chi connectivity index (χ0v) is 10.9. The largest absolute Gasteiger partial charge is 0.411 e. The van der Waals surface area contributed by atoms with E-state index in [0.717, 1.165) is 32.1 Å². The average molecular weight is 282 g/mol. The number of carbonyl (C=O) groups is 1. The Balaban J connectivity index is 2.26. The van der Waals surface area contributed by atoms with Gasteiger partial charge in [-0.25, -0.2) is 0 Å². The molecule has 1 aliphatic carbocycles. The predicted molar refractivity (Wildman–Crippen MR) is 64.5 cm³/mol. The van der Waals surface area contributed by atoms with Crippen LogP contribution in [0.4, 0.5) is 13.2 Å². The Hall–Kier alpha value is -0.820. The second kappa shape index (κ2) is 7.09. The molecule has 0 aromatic heterocycles. The molecule has 7 heteroatoms. The summed E-state index contributed by atoms with van der Waals surface area (Å²) in [6, 6.07) is 0. The lowest BCUT2D eigenvalue weighted by molar-refractivity contribution is -0.173. The molecule has 4 nitrogen and oxygen atoms in total. The lowest BCUT2D eigenvalue weighted by Crippen LogP contribution is -2.47. The fourth-order valence-corrected chi connectivity index (χ4v) is 2.36. The highest BCUT2D eigenvalue weighted by molar-refractivity contribution is 5.83. The molecule has 0 radical (unpaired) electrons. The van der Waals surface area contributed by atoms with Gasteiger partial charge < -0.3 is 15.8 Å². The van der Waals surface area contributed by atoms with Crippen LogP contribution in [0, 0.1) is 5.41 Å². The summed E-state index contributed by atoms with van der Waals surface area (Å²) in [7, 11) is 0. The van der Waals surface area contributed by atoms with E-state index in [4.69, 9.17) is 5.73 Å². The lowest BCUT2D eigenvalue weighted by Gasteiger charge is -2.34. The van der Waals surface area contributed by atoms with Crippen molar-refractivity contribution in [3.63, 3.8) is 0 Å². The van der Waals surface area contributed by atoms with Crippen LogP contribution in [-0.4, -0.2) is 38.4 Å². The van der Waals surface area contributed by atoms with Crippen LogP contribution >= 0.6 is 0 Å². The second-order valence-corrected chi connectivity index (χ2v) is 4.97. The van der Waals surface area contributed by atoms with Crippen LogP contribution in [0.5, 0.6) is 0 Å². The van der Waals surface area contributed by atoms with E-state index in [1.165, 1.54) is 0 Å². The molecule has 0 atom stereocenters. The smallest absolute Gasteiger partial charge is 0.370 e. The zero-order chi connectivity index (χ0) is 14.4. The van der Waals surface area contributed by atoms with Gasteiger partial charge in [0.2, 0.25) is 5.91 Å². The summed E-state index contributed by atoms with van der Waals surface area (Å²) in [4.78, 5) is 12.0. The van der Waals surface area contributed by atoms with Crippen LogP contribution < -0.4 is 11.1 Å². The van der Waals surface area contributed by atoms with E-state index in [0.29, 0.717) is 0 Å². The normalized spacial score (nSPS) is 19.2. The van der Waals surface area contributed by atoms with Crippen molar-refractivity contribution in [3.8, 4) is 0 Å². The summed E-state index contributed by atoms with van der Waals surface area (Å²) in [5.41, 5.74) is 5.15. The Morgan fingerprint density at radius 1 is 1.26 bits per heavy atom. The maximum Gasteiger partial charge on any atom is 0.411 e. The monoisotopic (exact) mass is 282 g/mol. The molecule has 0 aromatic carbocycles. The van der Waals surface area contributed by atoms with Crippen molar-refractivity contribution >= 4 is 5.91 Å². The van der Waals surface area contributed by atoms with Gasteiger partial charge in [-0.05, 0) is 12.8 Å². The molecule has 0 heterocycles. The molecular weight excluding hydrogens is 261 g/mol. The van der Waals surface area contributed by atoms with E-state index >= 15 is 0 Å². The van der Waals surface area contributed by atoms with Crippen molar-refractivity contribution in [3.05, 3.63) is 0 Å². The summed E-state index contributed by atoms with van der Waals surface area (Å²) in [5.74, 6) is -0.162. The van der Waals surface area contributed by atoms with Crippen LogP contribution in [0.2, 0.25) is 0 Å². The number of nitrogens with two attached hydrogens (primary N) is 1. The Bertz CT molecular complexity index is 289. The van der Waals surface area contributed by atoms with Crippen LogP contribution in [0.3, 0.4) is 0 Å². The standard InChI is InChI=1S/C12H21F3N2O2/c13-12(14,15)9-19-7-6-17-10(18)11(8-16)4-2-1-3-5-11/h1-9,16H2,(H,17,18). The molecule has 1 fully saturated rings. The highest BCUT2D eigenvalue weighted by atomic mass is 19.4. The van der Waals surface area contributed by atoms with E-state index in [9.17, 15) is 18.0 Å². The maximum absolute atomic E-state index is 12.0. The van der Waals surface area contributed by atoms with Gasteiger partial charge in [0.05, 0.1) is 12.0 Å². The van der Waals surface area contributed by atoms with Crippen molar-refractivity contribution in [2.75, 3.05) is 26.3 Å². The molecule has 0 aromatic rings. The van der Waals surface area contributed by atoms with Gasteiger partial charge in [-0.15, -0.1) is 0 Å². The predicted octanol–water partition coefficient (Wildman–Crippen LogP) is 1.59. The number of ether oxygens (including phenoxy) is 1. The third-order valence-corrected chi connectivity index (χ3v) is 3.48. The van der Waals surface area contributed by atoms with Crippen molar-refractivity contribution in [1.82, 2.24) is 5.32 Å². The zero-order valence-electron chi connectivity index (χ0n) is 10.9. The summed E-state index contributed by atoms with van der Waals surface area (Å²) < 4.78 is 39.9. The number of nitrogens with one attached hydrogen (secondary N) is 1. The second-order valence-electron chi connectivity index (χ2n) is 4.97. The fourth-order valence-electron chi connectivity index (χ4n) is 2.36. The van der Waals surface area contributed by atoms with Crippen molar-refractivity contribution in [1.29, 1.82) is 0 Å². The van der Waals surface area contributed by atoms with Crippen LogP contribution in [0.15, 0.2) is 0 Å². The summed E-state index contributed by atoms with van der Waals surface area (Å²) in [6.45, 7) is -1.07. The van der Waals surface area contributed by atoms with Gasteiger partial charge in [-0.3, -0.25) is 4.79 Å². The van der Waals surface area contributed by atoms with Gasteiger partial charge in [-0.2, -0.15) is 13.2 Å². The number of halogens is 3. The minimum absolute atomic E-state index is 0.0800. The number of hydrogen-bond acceptors (Lipinski definition) is 3. The first-order valence-electron chi connectivity index (χ1n) is 6.52. The average Bonchev–Trinajstić information content (AvgIpc) is 2.37. The molecule has 0 aliphatic heterocycles. The molecule has 0 bridgehead atoms. The van der Waals surface area contributed by atoms with Gasteiger partial charge in [0.1, 0.15) is 6.61 Å². The Morgan fingerprint density at radius 2 is 1.89 bits per heavy atom. The van der Waals surface area contributed by atoms with E-state index in [-0.39, 0.29) is 25.6 Å². The minimum atomic E-state index is -4.33. The molecule has 1 rings (SSSR count). The molecule has 0 spiro atoms. The SMILES string of the molecule is NCC1(C(=O)NCCOCC(F)(F)F)CCCCC1. The Labute approximate surface area is 110 Å². The topological polar surface area (TPSA) is 64.4 Å². The molecule has 0 saturated heterocycles. The van der Waals surface area contributed by atoms with E-state index in [1.54, 1.807) is 0 Å². The number of rotatable bonds is 6. The van der Waals surface area contributed by atoms with Crippen molar-refractivity contribution < 1.29 is 22.7 Å². The molecule has 1 aliphatic rings. The number of carbonyl (C=O) groups excluding carboxylic acids is 1. The molecule has 1 amide bonds. The first-order chi connectivity index (χ1) is 8.90. The summed E-state index contributed by atoms with van der Waals surface area (Å²) in [5, 5.41) is 2.62. The number of amides is 1. The highest BCUT2D eigenvalue weighted by Gasteiger charge is 2.37. The Morgan fingerprint density at radius 3 is 2.42 bits per heavy atom. The summed E-state index contributed by atoms with van der Waals surface area (Å²) >= 11 is 0. The number of hydrogen-bond donors (Lipinski definition) is 2. The summed E-state index contributed by atoms with van der Waals surface area (Å²) in [6.07, 6.45) is 0.206. The van der Waals surface area contributed by atoms with Crippen LogP contribution in [-0.2, 0) is 9.53 Å². The molecule has 112 valence electrons. The molecule has 0 unspecified atom stereocenters. The first-order valence-corrected chi connectivity index (χ1v) is 6.52. The van der Waals surface area contributed by atoms with Crippen molar-refractivity contribution in [2.45, 2.75) is 38.3 Å². The third-order valence-electron chi connectivity index (χ3n) is 3.48. The van der Waals surface area contributed by atoms with Gasteiger partial charge in [0.15, 0.2) is 0 Å².